The summed E-state index contributed by atoms with van der Waals surface area (Å²) in [5, 5.41) is 0. The van der Waals surface area contributed by atoms with Crippen LogP contribution >= 0.6 is 39.3 Å². The van der Waals surface area contributed by atoms with Gasteiger partial charge in [0.15, 0.2) is 0 Å². The number of rotatable bonds is 4. The van der Waals surface area contributed by atoms with Gasteiger partial charge in [-0.05, 0) is 31.2 Å². The molecule has 1 aromatic carbocycles. The molecular formula is C13H12BrClN2S. The molecule has 0 saturated heterocycles. The molecule has 94 valence electrons. The molecule has 2 nitrogen and oxygen atoms in total. The fourth-order valence-corrected chi connectivity index (χ4v) is 3.04. The fraction of sp³-hybridized carbons (Fsp3) is 0.231. The van der Waals surface area contributed by atoms with Crippen LogP contribution in [0.5, 0.6) is 0 Å². The van der Waals surface area contributed by atoms with Gasteiger partial charge in [0.1, 0.15) is 5.82 Å². The van der Waals surface area contributed by atoms with E-state index in [1.807, 2.05) is 25.1 Å². The molecule has 2 rings (SSSR count). The van der Waals surface area contributed by atoms with E-state index in [-0.39, 0.29) is 0 Å². The van der Waals surface area contributed by atoms with E-state index in [4.69, 9.17) is 11.6 Å². The summed E-state index contributed by atoms with van der Waals surface area (Å²) in [6.45, 7) is 1.96. The lowest BCUT2D eigenvalue weighted by Gasteiger charge is -2.04. The molecule has 0 bridgehead atoms. The van der Waals surface area contributed by atoms with Crippen molar-refractivity contribution in [1.29, 1.82) is 0 Å². The van der Waals surface area contributed by atoms with E-state index in [2.05, 4.69) is 38.0 Å². The van der Waals surface area contributed by atoms with Gasteiger partial charge in [-0.1, -0.05) is 22.0 Å². The van der Waals surface area contributed by atoms with Crippen LogP contribution in [0, 0.1) is 6.92 Å². The zero-order valence-electron chi connectivity index (χ0n) is 9.86. The minimum atomic E-state index is 0.428. The third-order valence-corrected chi connectivity index (χ3v) is 4.01. The monoisotopic (exact) mass is 342 g/mol. The number of benzene rings is 1. The zero-order chi connectivity index (χ0) is 13.0. The van der Waals surface area contributed by atoms with Crippen LogP contribution in [0.1, 0.15) is 17.2 Å². The van der Waals surface area contributed by atoms with Crippen molar-refractivity contribution >= 4 is 39.3 Å². The zero-order valence-corrected chi connectivity index (χ0v) is 13.0. The van der Waals surface area contributed by atoms with Crippen molar-refractivity contribution in [3.63, 3.8) is 0 Å². The second-order valence-electron chi connectivity index (χ2n) is 3.80. The van der Waals surface area contributed by atoms with Crippen LogP contribution in [-0.2, 0) is 11.6 Å². The molecule has 0 aliphatic heterocycles. The lowest BCUT2D eigenvalue weighted by Crippen LogP contribution is -1.98. The minimum Gasteiger partial charge on any atom is -0.237 e. The van der Waals surface area contributed by atoms with E-state index in [1.165, 1.54) is 4.90 Å². The maximum Gasteiger partial charge on any atom is 0.139 e. The van der Waals surface area contributed by atoms with Gasteiger partial charge in [-0.25, -0.2) is 9.97 Å². The first kappa shape index (κ1) is 13.8. The summed E-state index contributed by atoms with van der Waals surface area (Å²) in [6.07, 6.45) is 0. The summed E-state index contributed by atoms with van der Waals surface area (Å²) in [5.41, 5.74) is 1.85. The summed E-state index contributed by atoms with van der Waals surface area (Å²) < 4.78 is 1.08. The standard InChI is InChI=1S/C13H12BrClN2S/c1-9-5-11(7-15)17-13(16-9)8-18-12-4-2-3-10(14)6-12/h2-6H,7-8H2,1H3. The van der Waals surface area contributed by atoms with Crippen molar-refractivity contribution < 1.29 is 0 Å². The SMILES string of the molecule is Cc1cc(CCl)nc(CSc2cccc(Br)c2)n1. The number of aryl methyl sites for hydroxylation is 1. The van der Waals surface area contributed by atoms with Crippen molar-refractivity contribution in [2.75, 3.05) is 0 Å². The Labute approximate surface area is 124 Å². The second-order valence-corrected chi connectivity index (χ2v) is 6.03. The van der Waals surface area contributed by atoms with Crippen LogP contribution in [0.15, 0.2) is 39.7 Å². The van der Waals surface area contributed by atoms with Crippen molar-refractivity contribution in [3.8, 4) is 0 Å². The van der Waals surface area contributed by atoms with Crippen LogP contribution in [0.4, 0.5) is 0 Å². The second kappa shape index (κ2) is 6.55. The van der Waals surface area contributed by atoms with Gasteiger partial charge >= 0.3 is 0 Å². The quantitative estimate of drug-likeness (QED) is 0.600. The average Bonchev–Trinajstić information content (AvgIpc) is 2.36. The smallest absolute Gasteiger partial charge is 0.139 e. The summed E-state index contributed by atoms with van der Waals surface area (Å²) in [6, 6.07) is 10.1. The molecule has 0 saturated carbocycles. The molecule has 0 aliphatic rings. The Morgan fingerprint density at radius 3 is 2.83 bits per heavy atom. The topological polar surface area (TPSA) is 25.8 Å². The van der Waals surface area contributed by atoms with Gasteiger partial charge in [0.25, 0.3) is 0 Å². The predicted octanol–water partition coefficient (Wildman–Crippen LogP) is 4.58. The highest BCUT2D eigenvalue weighted by atomic mass is 79.9. The molecule has 0 amide bonds. The Bertz CT molecular complexity index is 548. The maximum absolute atomic E-state index is 5.81. The number of hydrogen-bond acceptors (Lipinski definition) is 3. The number of aromatic nitrogens is 2. The lowest BCUT2D eigenvalue weighted by atomic mass is 10.3. The highest BCUT2D eigenvalue weighted by Crippen LogP contribution is 2.24. The third-order valence-electron chi connectivity index (χ3n) is 2.25. The molecule has 1 aromatic heterocycles. The van der Waals surface area contributed by atoms with Crippen molar-refractivity contribution in [2.45, 2.75) is 23.5 Å². The highest BCUT2D eigenvalue weighted by molar-refractivity contribution is 9.10. The number of nitrogens with zero attached hydrogens (tertiary/aromatic N) is 2. The molecular weight excluding hydrogens is 332 g/mol. The highest BCUT2D eigenvalue weighted by Gasteiger charge is 2.03. The first-order valence-corrected chi connectivity index (χ1v) is 7.76. The third kappa shape index (κ3) is 3.97. The van der Waals surface area contributed by atoms with E-state index in [9.17, 15) is 0 Å². The molecule has 18 heavy (non-hydrogen) atoms. The van der Waals surface area contributed by atoms with Gasteiger partial charge in [0.2, 0.25) is 0 Å². The van der Waals surface area contributed by atoms with Crippen LogP contribution in [0.2, 0.25) is 0 Å². The molecule has 0 aliphatic carbocycles. The molecule has 0 spiro atoms. The number of alkyl halides is 1. The Hall–Kier alpha value is -0.580. The number of thioether (sulfide) groups is 1. The van der Waals surface area contributed by atoms with Crippen LogP contribution in [0.3, 0.4) is 0 Å². The van der Waals surface area contributed by atoms with E-state index in [0.717, 1.165) is 27.4 Å². The van der Waals surface area contributed by atoms with Gasteiger partial charge in [-0.2, -0.15) is 0 Å². The molecule has 1 heterocycles. The Balaban J connectivity index is 2.08. The maximum atomic E-state index is 5.81. The molecule has 0 unspecified atom stereocenters. The average molecular weight is 344 g/mol. The largest absolute Gasteiger partial charge is 0.237 e. The lowest BCUT2D eigenvalue weighted by molar-refractivity contribution is 0.955. The first-order valence-electron chi connectivity index (χ1n) is 5.45. The normalized spacial score (nSPS) is 10.6. The molecule has 0 atom stereocenters. The van der Waals surface area contributed by atoms with Crippen LogP contribution in [-0.4, -0.2) is 9.97 Å². The van der Waals surface area contributed by atoms with Crippen LogP contribution in [0.25, 0.3) is 0 Å². The van der Waals surface area contributed by atoms with E-state index >= 15 is 0 Å². The Morgan fingerprint density at radius 1 is 1.28 bits per heavy atom. The summed E-state index contributed by atoms with van der Waals surface area (Å²) >= 11 is 11.0. The number of hydrogen-bond donors (Lipinski definition) is 0. The Kier molecular flexibility index (Phi) is 5.03. The van der Waals surface area contributed by atoms with Crippen molar-refractivity contribution in [3.05, 3.63) is 52.0 Å². The molecule has 0 radical (unpaired) electrons. The number of halogens is 2. The summed E-state index contributed by atoms with van der Waals surface area (Å²) in [7, 11) is 0. The van der Waals surface area contributed by atoms with Crippen molar-refractivity contribution in [2.24, 2.45) is 0 Å². The minimum absolute atomic E-state index is 0.428. The van der Waals surface area contributed by atoms with Gasteiger partial charge in [-0.15, -0.1) is 23.4 Å². The van der Waals surface area contributed by atoms with Gasteiger partial charge in [0.05, 0.1) is 17.3 Å². The van der Waals surface area contributed by atoms with E-state index in [0.29, 0.717) is 5.88 Å². The Morgan fingerprint density at radius 2 is 2.11 bits per heavy atom. The van der Waals surface area contributed by atoms with Crippen molar-refractivity contribution in [1.82, 2.24) is 9.97 Å². The molecule has 0 fully saturated rings. The predicted molar refractivity (Wildman–Crippen MR) is 80.0 cm³/mol. The molecule has 5 heteroatoms. The van der Waals surface area contributed by atoms with Crippen LogP contribution < -0.4 is 0 Å². The fourth-order valence-electron chi connectivity index (χ4n) is 1.54. The van der Waals surface area contributed by atoms with Gasteiger partial charge in [0, 0.05) is 15.1 Å². The molecule has 2 aromatic rings. The molecule has 0 N–H and O–H groups in total. The first-order chi connectivity index (χ1) is 8.67. The van der Waals surface area contributed by atoms with Gasteiger partial charge in [-0.3, -0.25) is 0 Å². The summed E-state index contributed by atoms with van der Waals surface area (Å²) in [5.74, 6) is 2.01. The van der Waals surface area contributed by atoms with E-state index in [1.54, 1.807) is 11.8 Å². The van der Waals surface area contributed by atoms with Gasteiger partial charge < -0.3 is 0 Å². The van der Waals surface area contributed by atoms with E-state index < -0.39 is 0 Å². The summed E-state index contributed by atoms with van der Waals surface area (Å²) in [4.78, 5) is 10.0.